The number of aromatic nitrogens is 16. The summed E-state index contributed by atoms with van der Waals surface area (Å²) in [6.07, 6.45) is 16.1. The minimum absolute atomic E-state index is 0.0418. The van der Waals surface area contributed by atoms with Crippen LogP contribution in [-0.4, -0.2) is 194 Å². The van der Waals surface area contributed by atoms with Gasteiger partial charge in [0.2, 0.25) is 0 Å². The maximum atomic E-state index is 12.6. The molecule has 40 nitrogen and oxygen atoms in total. The quantitative estimate of drug-likeness (QED) is 0.0109. The van der Waals surface area contributed by atoms with Gasteiger partial charge in [-0.25, -0.2) is 59.8 Å². The number of rotatable bonds is 33. The van der Waals surface area contributed by atoms with Gasteiger partial charge in [-0.3, -0.25) is 22.8 Å². The summed E-state index contributed by atoms with van der Waals surface area (Å²) in [4.78, 5) is 87.0. The number of allylic oxidation sites excluding steroid dienone is 5. The lowest BCUT2D eigenvalue weighted by molar-refractivity contribution is -0.211. The largest absolute Gasteiger partial charge is 0.780 e. The number of benzene rings is 3. The lowest BCUT2D eigenvalue weighted by Crippen LogP contribution is -2.27. The number of aliphatic hydroxyl groups is 4. The minimum atomic E-state index is -3.79. The van der Waals surface area contributed by atoms with Crippen LogP contribution < -0.4 is 37.6 Å². The van der Waals surface area contributed by atoms with E-state index in [-0.39, 0.29) is 102 Å². The van der Waals surface area contributed by atoms with Gasteiger partial charge in [-0.2, -0.15) is 0 Å². The van der Waals surface area contributed by atoms with Crippen LogP contribution in [0.15, 0.2) is 178 Å². The van der Waals surface area contributed by atoms with Gasteiger partial charge in [-0.1, -0.05) is 144 Å². The van der Waals surface area contributed by atoms with Crippen LogP contribution >= 0.6 is 27.0 Å². The van der Waals surface area contributed by atoms with Gasteiger partial charge in [0.1, 0.15) is 117 Å². The van der Waals surface area contributed by atoms with Gasteiger partial charge in [0.15, 0.2) is 52.7 Å². The van der Waals surface area contributed by atoms with Crippen LogP contribution in [0.1, 0.15) is 115 Å². The molecule has 12 heterocycles. The molecule has 4 saturated heterocycles. The monoisotopic (exact) mass is 1900 g/mol. The Morgan fingerprint density at radius 3 is 1.33 bits per heavy atom. The summed E-state index contributed by atoms with van der Waals surface area (Å²) in [6.45, 7) is -1.65. The molecule has 17 atom stereocenters. The highest BCUT2D eigenvalue weighted by Crippen LogP contribution is 2.49. The van der Waals surface area contributed by atoms with Gasteiger partial charge in [0, 0.05) is 25.7 Å². The molecule has 4 unspecified atom stereocenters. The summed E-state index contributed by atoms with van der Waals surface area (Å²) in [5, 5.41) is 43.7. The van der Waals surface area contributed by atoms with E-state index in [1.165, 1.54) is 56.2 Å². The predicted molar refractivity (Wildman–Crippen MR) is 479 cm³/mol. The number of ether oxygens (including phenoxy) is 4. The van der Waals surface area contributed by atoms with Crippen molar-refractivity contribution >= 4 is 159 Å². The van der Waals surface area contributed by atoms with Crippen LogP contribution in [0.2, 0.25) is 0 Å². The zero-order valence-corrected chi connectivity index (χ0v) is 75.8. The third-order valence-corrected chi connectivity index (χ3v) is 27.3. The molecule has 4 fully saturated rings. The Morgan fingerprint density at radius 1 is 0.528 bits per heavy atom. The molecule has 12 N–H and O–H groups in total. The van der Waals surface area contributed by atoms with Crippen molar-refractivity contribution in [2.75, 3.05) is 69.2 Å². The first-order valence-corrected chi connectivity index (χ1v) is 50.3. The van der Waals surface area contributed by atoms with E-state index in [4.69, 9.17) is 126 Å². The molecule has 11 aromatic rings. The maximum Gasteiger partial charge on any atom is 0.200 e. The van der Waals surface area contributed by atoms with Crippen molar-refractivity contribution in [2.45, 2.75) is 159 Å². The summed E-state index contributed by atoms with van der Waals surface area (Å²) in [6, 6.07) is 23.3. The Morgan fingerprint density at radius 2 is 0.929 bits per heavy atom. The normalized spacial score (nSPS) is 24.5. The number of nitrogen functional groups attached to an aromatic ring is 4. The third-order valence-electron chi connectivity index (χ3n) is 21.1. The maximum absolute atomic E-state index is 12.6. The standard InChI is InChI=1S/C21H22N5O5PS.C20H28N5O5PS.C20H24N5O5PS.C18H26N5O5PS/c22-20-19-21(24-11-23-20)26(12-25-19)18-8-16(27)17(31-18)10-30-32(28,33)29-9-13-5-6-14-3-1-2-4-15(14)7-13;1-12(2)14-5-3-13(4-6-14)8-28-31(27,32)29-9-16-15(26)7-17(30-16)25-11-24-18-19(21)22-10-23-20(18)25;1-2-13(14-6-4-3-5-7-14)9-28-31(27,32)29-10-16-15(26)8-17(30-16)25-12-24-18-19(21)22-11-23-20(18)25;1-12(2)6-4-3-5-7-26-29(25,30)27-9-14-13(24)8-15(28-14)23-11-22-16-17(19)20-10-21-18(16)23/h1-7,11-12,16-18,27H,8-10H2,(H,28,33)(H2,22,23,24);3,10-11,14-17,26H,1,4-9H2,2H3,(H,27,32)(H2,21,22,23);2-7,11-12,15-17,26H,8-10H2,1H3,(H,27,32)(H2,21,22,23);3,5,10-11,13-15,24H,1,4,6-9H2,2H3,(H,25,30)(H2,19,20,21)/p-4/b;;13-2-;5-3+/t16-,17+,18+,32?;14-,15+,16-,17-,31?;15-,16+,17+,31?;13-,14+,15+,29?/m0100/s1. The van der Waals surface area contributed by atoms with Gasteiger partial charge < -0.3 is 125 Å². The van der Waals surface area contributed by atoms with Crippen molar-refractivity contribution in [2.24, 2.45) is 5.92 Å². The predicted octanol–water partition coefficient (Wildman–Crippen LogP) is 8.44. The number of imidazole rings is 4. The van der Waals surface area contributed by atoms with E-state index in [1.54, 1.807) is 24.3 Å². The molecule has 680 valence electrons. The van der Waals surface area contributed by atoms with Crippen LogP contribution in [0, 0.1) is 5.92 Å². The van der Waals surface area contributed by atoms with Gasteiger partial charge >= 0.3 is 0 Å². The fourth-order valence-corrected chi connectivity index (χ4v) is 18.4. The van der Waals surface area contributed by atoms with Crippen molar-refractivity contribution in [1.29, 1.82) is 0 Å². The van der Waals surface area contributed by atoms with Gasteiger partial charge in [-0.05, 0) is 97.9 Å². The molecule has 4 aliphatic heterocycles. The molecule has 1 aliphatic carbocycles. The van der Waals surface area contributed by atoms with E-state index in [9.17, 15) is 39.7 Å². The smallest absolute Gasteiger partial charge is 0.200 e. The van der Waals surface area contributed by atoms with Crippen molar-refractivity contribution in [3.63, 3.8) is 0 Å². The summed E-state index contributed by atoms with van der Waals surface area (Å²) < 4.78 is 85.1. The fourth-order valence-electron chi connectivity index (χ4n) is 14.2. The number of aliphatic hydroxyl groups excluding tert-OH is 4. The minimum Gasteiger partial charge on any atom is -0.780 e. The highest BCUT2D eigenvalue weighted by atomic mass is 32.7. The fraction of sp³-hybridized carbons (Fsp3) is 0.418. The second-order valence-corrected chi connectivity index (χ2v) is 41.2. The highest BCUT2D eigenvalue weighted by molar-refractivity contribution is 8.32. The lowest BCUT2D eigenvalue weighted by atomic mass is 9.86. The SMILES string of the molecule is C/C=C(/COP([O-])(=S)OC[C@H]1O[C@@H](n2cnc3c(N)ncnc32)C[C@@H]1O)c1ccccc1.C=C(C)CC/C=C/COP(=O)([S-])OC[C@H]1O[C@@H](n2cnc3c(N)ncnc32)C[C@@H]1O.C=C(C)[C@@H]1CC=C(COP([O-])(=S)OC[C@H]2O[C@@H](n3cnc4c(N)ncnc43)C[C@@H]2O)CC1.Nc1ncnc2c1ncn2[C@H]1C[C@H](O)[C@@H](COP([O-])(=S)OCc2ccc3ccccc3c2)O1. The number of nitrogens with zero attached hydrogens (tertiary/aromatic N) is 16. The van der Waals surface area contributed by atoms with Crippen molar-refractivity contribution in [3.8, 4) is 0 Å². The van der Waals surface area contributed by atoms with Crippen molar-refractivity contribution in [1.82, 2.24) is 78.1 Å². The first kappa shape index (κ1) is 96.3. The first-order valence-electron chi connectivity index (χ1n) is 40.0. The van der Waals surface area contributed by atoms with Crippen molar-refractivity contribution < 1.29 is 94.8 Å². The average molecular weight is 1900 g/mol. The van der Waals surface area contributed by atoms with Crippen LogP contribution in [0.25, 0.3) is 61.0 Å². The molecule has 5 aliphatic rings. The zero-order chi connectivity index (χ0) is 90.3. The highest BCUT2D eigenvalue weighted by Gasteiger charge is 2.41. The number of fused-ring (bicyclic) bond motifs is 5. The molecule has 0 radical (unpaired) electrons. The van der Waals surface area contributed by atoms with Crippen LogP contribution in [0.5, 0.6) is 0 Å². The Labute approximate surface area is 749 Å². The van der Waals surface area contributed by atoms with E-state index in [0.717, 1.165) is 70.7 Å². The number of hydrogen-bond acceptors (Lipinski definition) is 40. The summed E-state index contributed by atoms with van der Waals surface area (Å²) in [7, 11) is 0. The van der Waals surface area contributed by atoms with E-state index in [0.29, 0.717) is 50.6 Å². The van der Waals surface area contributed by atoms with E-state index in [1.807, 2.05) is 106 Å². The van der Waals surface area contributed by atoms with Gasteiger partial charge in [-0.15, -0.1) is 6.58 Å². The van der Waals surface area contributed by atoms with Gasteiger partial charge in [0.05, 0.1) is 103 Å². The molecule has 8 aromatic heterocycles. The number of nitrogens with two attached hydrogens (primary N) is 4. The molecule has 0 bridgehead atoms. The lowest BCUT2D eigenvalue weighted by Gasteiger charge is -2.30. The third kappa shape index (κ3) is 25.7. The van der Waals surface area contributed by atoms with E-state index >= 15 is 0 Å². The Bertz CT molecular complexity index is 5960. The molecule has 127 heavy (non-hydrogen) atoms. The molecule has 48 heteroatoms. The van der Waals surface area contributed by atoms with E-state index in [2.05, 4.69) is 79.0 Å². The van der Waals surface area contributed by atoms with Crippen LogP contribution in [0.3, 0.4) is 0 Å². The van der Waals surface area contributed by atoms with E-state index < -0.39 is 101 Å². The van der Waals surface area contributed by atoms with Gasteiger partial charge in [0.25, 0.3) is 0 Å². The summed E-state index contributed by atoms with van der Waals surface area (Å²) >= 11 is 20.0. The second-order valence-electron chi connectivity index (χ2n) is 30.2. The van der Waals surface area contributed by atoms with Crippen LogP contribution in [-0.2, 0) is 114 Å². The molecule has 3 aromatic carbocycles. The topological polar surface area (TPSA) is 556 Å². The molecular formula is C79H96N20O20P4S4-4. The number of anilines is 4. The van der Waals surface area contributed by atoms with Crippen LogP contribution in [0.4, 0.5) is 23.3 Å². The molecule has 16 rings (SSSR count). The molecular weight excluding hydrogens is 1800 g/mol. The average Bonchev–Trinajstić information content (AvgIpc) is 1.65. The Balaban J connectivity index is 0.000000145. The Hall–Kier alpha value is -8.21. The second kappa shape index (κ2) is 43.7. The first-order chi connectivity index (χ1) is 60.8. The zero-order valence-electron chi connectivity index (χ0n) is 69.0. The number of hydrogen-bond donors (Lipinski definition) is 8. The van der Waals surface area contributed by atoms with Crippen molar-refractivity contribution in [3.05, 3.63) is 189 Å². The summed E-state index contributed by atoms with van der Waals surface area (Å²) in [5.74, 6) is 1.52. The summed E-state index contributed by atoms with van der Waals surface area (Å²) in [5.41, 5.74) is 33.0. The molecule has 0 amide bonds. The molecule has 0 spiro atoms. The molecule has 0 saturated carbocycles. The Kier molecular flexibility index (Phi) is 33.1.